The van der Waals surface area contributed by atoms with Crippen LogP contribution in [0.25, 0.3) is 0 Å². The van der Waals surface area contributed by atoms with Crippen molar-refractivity contribution in [3.05, 3.63) is 34.9 Å². The Balaban J connectivity index is 1.47. The van der Waals surface area contributed by atoms with Crippen molar-refractivity contribution in [2.24, 2.45) is 5.92 Å². The molecule has 3 amide bonds. The molecule has 0 aromatic heterocycles. The molecule has 8 nitrogen and oxygen atoms in total. The van der Waals surface area contributed by atoms with Gasteiger partial charge in [-0.15, -0.1) is 0 Å². The van der Waals surface area contributed by atoms with Gasteiger partial charge < -0.3 is 20.3 Å². The second kappa shape index (κ2) is 8.08. The lowest BCUT2D eigenvalue weighted by molar-refractivity contribution is -0.141. The number of carbonyl (C=O) groups excluding carboxylic acids is 3. The minimum atomic E-state index is -3.67. The van der Waals surface area contributed by atoms with Crippen LogP contribution in [0.1, 0.15) is 41.3 Å². The number of hydrogen-bond donors (Lipinski definition) is 3. The molecule has 0 bridgehead atoms. The van der Waals surface area contributed by atoms with Crippen LogP contribution in [0, 0.1) is 11.3 Å². The minimum absolute atomic E-state index is 0.0715. The molecule has 3 N–H and O–H groups in total. The Morgan fingerprint density at radius 1 is 1.30 bits per heavy atom. The first-order valence-corrected chi connectivity index (χ1v) is 10.4. The molecule has 2 unspecified atom stereocenters. The van der Waals surface area contributed by atoms with E-state index in [9.17, 15) is 31.9 Å². The Kier molecular flexibility index (Phi) is 5.67. The van der Waals surface area contributed by atoms with Gasteiger partial charge in [-0.25, -0.2) is 8.78 Å². The van der Waals surface area contributed by atoms with E-state index < -0.39 is 59.8 Å². The molecule has 12 heteroatoms. The normalized spacial score (nSPS) is 25.9. The molecule has 3 aliphatic rings. The maximum Gasteiger partial charge on any atom is 0.322 e. The molecule has 1 aliphatic carbocycles. The first kappa shape index (κ1) is 23.1. The number of alkyl halides is 4. The quantitative estimate of drug-likeness (QED) is 0.345. The Hall–Kier alpha value is -3.02. The van der Waals surface area contributed by atoms with E-state index in [1.165, 1.54) is 17.0 Å². The Bertz CT molecular complexity index is 1030. The van der Waals surface area contributed by atoms with Gasteiger partial charge in [-0.05, 0) is 18.1 Å². The number of carbonyl (C=O) groups is 3. The third-order valence-electron chi connectivity index (χ3n) is 6.06. The number of hydrogen-bond acceptors (Lipinski definition) is 5. The van der Waals surface area contributed by atoms with Gasteiger partial charge in [-0.2, -0.15) is 8.78 Å². The first-order valence-electron chi connectivity index (χ1n) is 10.4. The molecule has 178 valence electrons. The third-order valence-corrected chi connectivity index (χ3v) is 6.06. The fraction of sp³-hybridized carbons (Fsp3) is 0.524. The van der Waals surface area contributed by atoms with Gasteiger partial charge in [0.05, 0.1) is 18.7 Å². The molecule has 2 heterocycles. The minimum Gasteiger partial charge on any atom is -0.379 e. The highest BCUT2D eigenvalue weighted by molar-refractivity contribution is 6.09. The van der Waals surface area contributed by atoms with Crippen LogP contribution in [0.15, 0.2) is 18.2 Å². The van der Waals surface area contributed by atoms with E-state index in [1.807, 2.05) is 5.32 Å². The summed E-state index contributed by atoms with van der Waals surface area (Å²) >= 11 is 0. The number of amides is 3. The van der Waals surface area contributed by atoms with Crippen molar-refractivity contribution in [1.29, 1.82) is 5.41 Å². The van der Waals surface area contributed by atoms with E-state index in [1.54, 1.807) is 6.07 Å². The van der Waals surface area contributed by atoms with E-state index in [4.69, 9.17) is 10.1 Å². The van der Waals surface area contributed by atoms with Crippen molar-refractivity contribution in [2.75, 3.05) is 13.2 Å². The average molecular weight is 470 g/mol. The van der Waals surface area contributed by atoms with Crippen molar-refractivity contribution in [1.82, 2.24) is 15.5 Å². The number of ether oxygens (including phenoxy) is 1. The van der Waals surface area contributed by atoms with Crippen molar-refractivity contribution in [3.8, 4) is 0 Å². The standard InChI is InChI=1S/C21H22F4N4O4/c1-20(22,23)19(32)28-16(26)10-2-3-11-8-29(18(31)12(11)6-10)15-9-33-5-4-14(15)27-17(30)13-7-21(13,24)25/h2-3,6,13-15H,4-5,7-9H2,1H3,(H,27,30)(H2,26,28,32)/t13?,14-,15?/m1/s1. The largest absolute Gasteiger partial charge is 0.379 e. The molecule has 2 aliphatic heterocycles. The Morgan fingerprint density at radius 2 is 2.00 bits per heavy atom. The van der Waals surface area contributed by atoms with Gasteiger partial charge in [0.1, 0.15) is 11.8 Å². The molecule has 4 rings (SSSR count). The summed E-state index contributed by atoms with van der Waals surface area (Å²) in [5.41, 5.74) is 0.898. The van der Waals surface area contributed by atoms with Crippen LogP contribution in [0.4, 0.5) is 17.6 Å². The molecule has 2 fully saturated rings. The van der Waals surface area contributed by atoms with Crippen molar-refractivity contribution in [3.63, 3.8) is 0 Å². The summed E-state index contributed by atoms with van der Waals surface area (Å²) in [4.78, 5) is 38.2. The molecule has 33 heavy (non-hydrogen) atoms. The van der Waals surface area contributed by atoms with E-state index >= 15 is 0 Å². The van der Waals surface area contributed by atoms with Crippen molar-refractivity contribution < 1.29 is 36.7 Å². The predicted octanol–water partition coefficient (Wildman–Crippen LogP) is 1.67. The lowest BCUT2D eigenvalue weighted by Gasteiger charge is -2.38. The van der Waals surface area contributed by atoms with Gasteiger partial charge in [-0.1, -0.05) is 12.1 Å². The van der Waals surface area contributed by atoms with Crippen LogP contribution in [0.5, 0.6) is 0 Å². The molecule has 0 radical (unpaired) electrons. The molecular weight excluding hydrogens is 448 g/mol. The zero-order valence-corrected chi connectivity index (χ0v) is 17.6. The highest BCUT2D eigenvalue weighted by Gasteiger charge is 2.61. The lowest BCUT2D eigenvalue weighted by atomic mass is 10.0. The molecular formula is C21H22F4N4O4. The zero-order valence-electron chi connectivity index (χ0n) is 17.6. The van der Waals surface area contributed by atoms with Crippen LogP contribution < -0.4 is 10.6 Å². The summed E-state index contributed by atoms with van der Waals surface area (Å²) in [6.45, 7) is 0.989. The van der Waals surface area contributed by atoms with E-state index in [0.29, 0.717) is 25.5 Å². The highest BCUT2D eigenvalue weighted by atomic mass is 19.3. The maximum atomic E-state index is 13.3. The summed E-state index contributed by atoms with van der Waals surface area (Å²) < 4.78 is 58.2. The number of nitrogens with zero attached hydrogens (tertiary/aromatic N) is 1. The van der Waals surface area contributed by atoms with E-state index in [2.05, 4.69) is 5.32 Å². The van der Waals surface area contributed by atoms with Crippen molar-refractivity contribution in [2.45, 2.75) is 50.2 Å². The second-order valence-corrected chi connectivity index (χ2v) is 8.59. The third kappa shape index (κ3) is 4.56. The molecule has 1 saturated heterocycles. The maximum absolute atomic E-state index is 13.3. The van der Waals surface area contributed by atoms with Gasteiger partial charge in [0.2, 0.25) is 5.91 Å². The fourth-order valence-electron chi connectivity index (χ4n) is 4.02. The number of rotatable bonds is 5. The van der Waals surface area contributed by atoms with Gasteiger partial charge in [0.15, 0.2) is 0 Å². The monoisotopic (exact) mass is 470 g/mol. The van der Waals surface area contributed by atoms with Crippen molar-refractivity contribution >= 4 is 23.6 Å². The van der Waals surface area contributed by atoms with Crippen LogP contribution >= 0.6 is 0 Å². The predicted molar refractivity (Wildman–Crippen MR) is 106 cm³/mol. The molecule has 0 spiro atoms. The summed E-state index contributed by atoms with van der Waals surface area (Å²) in [5.74, 6) is -11.4. The summed E-state index contributed by atoms with van der Waals surface area (Å²) in [6.07, 6.45) is -0.141. The van der Waals surface area contributed by atoms with Crippen LogP contribution in [-0.4, -0.2) is 65.6 Å². The van der Waals surface area contributed by atoms with E-state index in [-0.39, 0.29) is 24.3 Å². The molecule has 1 aromatic rings. The first-order chi connectivity index (χ1) is 15.4. The second-order valence-electron chi connectivity index (χ2n) is 8.59. The summed E-state index contributed by atoms with van der Waals surface area (Å²) in [6, 6.07) is 3.16. The molecule has 1 saturated carbocycles. The van der Waals surface area contributed by atoms with Crippen LogP contribution in [0.3, 0.4) is 0 Å². The number of amidine groups is 1. The van der Waals surface area contributed by atoms with Gasteiger partial charge in [-0.3, -0.25) is 19.8 Å². The number of nitrogens with one attached hydrogen (secondary N) is 3. The lowest BCUT2D eigenvalue weighted by Crippen LogP contribution is -2.57. The summed E-state index contributed by atoms with van der Waals surface area (Å²) in [5, 5.41) is 12.3. The smallest absolute Gasteiger partial charge is 0.322 e. The SMILES string of the molecule is CC(F)(F)C(=O)NC(=N)c1ccc2c(c1)C(=O)N(C1COCC[C@H]1NC(=O)C1CC1(F)F)C2. The molecule has 1 aromatic carbocycles. The number of fused-ring (bicyclic) bond motifs is 1. The number of benzene rings is 1. The van der Waals surface area contributed by atoms with Gasteiger partial charge >= 0.3 is 5.92 Å². The van der Waals surface area contributed by atoms with Gasteiger partial charge in [0.25, 0.3) is 17.7 Å². The Morgan fingerprint density at radius 3 is 2.64 bits per heavy atom. The van der Waals surface area contributed by atoms with Gasteiger partial charge in [0, 0.05) is 37.6 Å². The number of halogens is 4. The van der Waals surface area contributed by atoms with Crippen LogP contribution in [0.2, 0.25) is 0 Å². The Labute approximate surface area is 186 Å². The molecule has 3 atom stereocenters. The average Bonchev–Trinajstić information content (AvgIpc) is 3.27. The fourth-order valence-corrected chi connectivity index (χ4v) is 4.02. The summed E-state index contributed by atoms with van der Waals surface area (Å²) in [7, 11) is 0. The topological polar surface area (TPSA) is 112 Å². The highest BCUT2D eigenvalue weighted by Crippen LogP contribution is 2.48. The van der Waals surface area contributed by atoms with E-state index in [0.717, 1.165) is 0 Å². The van der Waals surface area contributed by atoms with Crippen LogP contribution in [-0.2, 0) is 20.9 Å². The zero-order chi connectivity index (χ0) is 24.1.